The zero-order chi connectivity index (χ0) is 11.4. The Bertz CT molecular complexity index is 396. The van der Waals surface area contributed by atoms with Gasteiger partial charge in [-0.2, -0.15) is 5.26 Å². The van der Waals surface area contributed by atoms with Gasteiger partial charge in [0.2, 0.25) is 0 Å². The van der Waals surface area contributed by atoms with Gasteiger partial charge >= 0.3 is 0 Å². The Morgan fingerprint density at radius 1 is 1.47 bits per heavy atom. The third-order valence-electron chi connectivity index (χ3n) is 2.30. The fourth-order valence-electron chi connectivity index (χ4n) is 1.52. The largest absolute Gasteiger partial charge is 0.323 e. The fourth-order valence-corrected chi connectivity index (χ4v) is 2.01. The summed E-state index contributed by atoms with van der Waals surface area (Å²) in [5, 5.41) is 9.67. The van der Waals surface area contributed by atoms with Gasteiger partial charge in [-0.3, -0.25) is 0 Å². The van der Waals surface area contributed by atoms with E-state index >= 15 is 0 Å². The van der Waals surface area contributed by atoms with Gasteiger partial charge in [0.1, 0.15) is 0 Å². The van der Waals surface area contributed by atoms with Crippen molar-refractivity contribution in [2.75, 3.05) is 0 Å². The molecule has 0 saturated heterocycles. The quantitative estimate of drug-likeness (QED) is 0.883. The molecular formula is C11H12Cl2N2. The van der Waals surface area contributed by atoms with E-state index < -0.39 is 0 Å². The molecule has 1 aromatic rings. The van der Waals surface area contributed by atoms with Crippen LogP contribution in [0.2, 0.25) is 10.0 Å². The van der Waals surface area contributed by atoms with Crippen LogP contribution in [0.3, 0.4) is 0 Å². The van der Waals surface area contributed by atoms with E-state index in [4.69, 9.17) is 34.2 Å². The van der Waals surface area contributed by atoms with E-state index in [1.807, 2.05) is 13.0 Å². The van der Waals surface area contributed by atoms with E-state index in [0.717, 1.165) is 17.5 Å². The highest BCUT2D eigenvalue weighted by Crippen LogP contribution is 2.32. The molecule has 1 aromatic carbocycles. The summed E-state index contributed by atoms with van der Waals surface area (Å²) in [7, 11) is 0. The maximum Gasteiger partial charge on any atom is 0.0641 e. The van der Waals surface area contributed by atoms with E-state index in [2.05, 4.69) is 6.07 Å². The van der Waals surface area contributed by atoms with Crippen LogP contribution in [0.1, 0.15) is 30.5 Å². The van der Waals surface area contributed by atoms with Gasteiger partial charge in [0, 0.05) is 6.04 Å². The third kappa shape index (κ3) is 2.63. The summed E-state index contributed by atoms with van der Waals surface area (Å²) >= 11 is 12.0. The fraction of sp³-hybridized carbons (Fsp3) is 0.364. The van der Waals surface area contributed by atoms with Crippen molar-refractivity contribution in [3.8, 4) is 6.07 Å². The van der Waals surface area contributed by atoms with E-state index in [1.54, 1.807) is 6.07 Å². The minimum atomic E-state index is -0.292. The van der Waals surface area contributed by atoms with Gasteiger partial charge < -0.3 is 5.73 Å². The van der Waals surface area contributed by atoms with Crippen LogP contribution in [0.15, 0.2) is 12.1 Å². The van der Waals surface area contributed by atoms with Crippen LogP contribution >= 0.6 is 23.2 Å². The first-order valence-corrected chi connectivity index (χ1v) is 5.46. The third-order valence-corrected chi connectivity index (χ3v) is 3.14. The van der Waals surface area contributed by atoms with Crippen LogP contribution in [-0.4, -0.2) is 0 Å². The monoisotopic (exact) mass is 242 g/mol. The van der Waals surface area contributed by atoms with Crippen LogP contribution in [0.4, 0.5) is 0 Å². The second kappa shape index (κ2) is 5.37. The molecular weight excluding hydrogens is 231 g/mol. The summed E-state index contributed by atoms with van der Waals surface area (Å²) < 4.78 is 0. The summed E-state index contributed by atoms with van der Waals surface area (Å²) in [6.45, 7) is 1.99. The van der Waals surface area contributed by atoms with Gasteiger partial charge in [-0.15, -0.1) is 0 Å². The van der Waals surface area contributed by atoms with Gasteiger partial charge in [0.25, 0.3) is 0 Å². The van der Waals surface area contributed by atoms with E-state index in [-0.39, 0.29) is 12.5 Å². The number of halogens is 2. The van der Waals surface area contributed by atoms with Crippen molar-refractivity contribution in [2.24, 2.45) is 5.73 Å². The average molecular weight is 243 g/mol. The van der Waals surface area contributed by atoms with Crippen molar-refractivity contribution in [1.29, 1.82) is 5.26 Å². The molecule has 1 atom stereocenters. The Morgan fingerprint density at radius 2 is 2.13 bits per heavy atom. The highest BCUT2D eigenvalue weighted by molar-refractivity contribution is 6.42. The highest BCUT2D eigenvalue weighted by Gasteiger charge is 2.14. The lowest BCUT2D eigenvalue weighted by Gasteiger charge is -2.15. The summed E-state index contributed by atoms with van der Waals surface area (Å²) in [4.78, 5) is 0. The molecule has 0 heterocycles. The number of nitriles is 1. The number of hydrogen-bond acceptors (Lipinski definition) is 2. The van der Waals surface area contributed by atoms with Crippen LogP contribution in [0, 0.1) is 11.3 Å². The molecule has 0 aliphatic heterocycles. The van der Waals surface area contributed by atoms with Gasteiger partial charge in [-0.05, 0) is 23.6 Å². The van der Waals surface area contributed by atoms with Crippen molar-refractivity contribution in [2.45, 2.75) is 25.8 Å². The van der Waals surface area contributed by atoms with Crippen molar-refractivity contribution in [1.82, 2.24) is 0 Å². The predicted molar refractivity (Wildman–Crippen MR) is 63.0 cm³/mol. The SMILES string of the molecule is CCc1c(C(N)CC#N)ccc(Cl)c1Cl. The minimum absolute atomic E-state index is 0.283. The smallest absolute Gasteiger partial charge is 0.0641 e. The van der Waals surface area contributed by atoms with Crippen LogP contribution in [-0.2, 0) is 6.42 Å². The second-order valence-electron chi connectivity index (χ2n) is 3.25. The van der Waals surface area contributed by atoms with E-state index in [1.165, 1.54) is 0 Å². The summed E-state index contributed by atoms with van der Waals surface area (Å²) in [5.74, 6) is 0. The lowest BCUT2D eigenvalue weighted by Crippen LogP contribution is -2.12. The maximum atomic E-state index is 8.60. The molecule has 2 nitrogen and oxygen atoms in total. The molecule has 1 unspecified atom stereocenters. The van der Waals surface area contributed by atoms with Crippen molar-refractivity contribution in [3.63, 3.8) is 0 Å². The summed E-state index contributed by atoms with van der Waals surface area (Å²) in [6, 6.07) is 5.32. The summed E-state index contributed by atoms with van der Waals surface area (Å²) in [5.41, 5.74) is 7.72. The molecule has 0 radical (unpaired) electrons. The van der Waals surface area contributed by atoms with E-state index in [9.17, 15) is 0 Å². The number of benzene rings is 1. The van der Waals surface area contributed by atoms with Gasteiger partial charge in [-0.1, -0.05) is 36.2 Å². The number of rotatable bonds is 3. The zero-order valence-corrected chi connectivity index (χ0v) is 9.94. The van der Waals surface area contributed by atoms with Crippen LogP contribution < -0.4 is 5.73 Å². The molecule has 15 heavy (non-hydrogen) atoms. The first kappa shape index (κ1) is 12.3. The average Bonchev–Trinajstić information content (AvgIpc) is 2.22. The number of hydrogen-bond donors (Lipinski definition) is 1. The number of nitrogens with zero attached hydrogens (tertiary/aromatic N) is 1. The molecule has 80 valence electrons. The highest BCUT2D eigenvalue weighted by atomic mass is 35.5. The molecule has 0 aromatic heterocycles. The lowest BCUT2D eigenvalue weighted by molar-refractivity contribution is 0.737. The van der Waals surface area contributed by atoms with Gasteiger partial charge in [-0.25, -0.2) is 0 Å². The molecule has 1 rings (SSSR count). The molecule has 0 spiro atoms. The second-order valence-corrected chi connectivity index (χ2v) is 4.04. The summed E-state index contributed by atoms with van der Waals surface area (Å²) in [6.07, 6.45) is 1.04. The molecule has 4 heteroatoms. The molecule has 0 saturated carbocycles. The van der Waals surface area contributed by atoms with Crippen molar-refractivity contribution in [3.05, 3.63) is 33.3 Å². The Balaban J connectivity index is 3.19. The van der Waals surface area contributed by atoms with Crippen LogP contribution in [0.25, 0.3) is 0 Å². The molecule has 0 amide bonds. The van der Waals surface area contributed by atoms with Crippen molar-refractivity contribution < 1.29 is 0 Å². The van der Waals surface area contributed by atoms with E-state index in [0.29, 0.717) is 10.0 Å². The Morgan fingerprint density at radius 3 is 2.67 bits per heavy atom. The molecule has 0 aliphatic rings. The minimum Gasteiger partial charge on any atom is -0.323 e. The maximum absolute atomic E-state index is 8.60. The normalized spacial score (nSPS) is 12.2. The first-order chi connectivity index (χ1) is 7.11. The van der Waals surface area contributed by atoms with Gasteiger partial charge in [0.05, 0.1) is 22.5 Å². The zero-order valence-electron chi connectivity index (χ0n) is 8.43. The molecule has 0 bridgehead atoms. The lowest BCUT2D eigenvalue weighted by atomic mass is 9.97. The standard InChI is InChI=1S/C11H12Cl2N2/c1-2-7-8(10(15)5-6-14)3-4-9(12)11(7)13/h3-4,10H,2,5,15H2,1H3. The van der Waals surface area contributed by atoms with Crippen LogP contribution in [0.5, 0.6) is 0 Å². The topological polar surface area (TPSA) is 49.8 Å². The van der Waals surface area contributed by atoms with Gasteiger partial charge in [0.15, 0.2) is 0 Å². The van der Waals surface area contributed by atoms with Crippen molar-refractivity contribution >= 4 is 23.2 Å². The Hall–Kier alpha value is -0.750. The molecule has 0 aliphatic carbocycles. The molecule has 2 N–H and O–H groups in total. The Kier molecular flexibility index (Phi) is 4.41. The number of nitrogens with two attached hydrogens (primary N) is 1. The first-order valence-electron chi connectivity index (χ1n) is 4.71. The predicted octanol–water partition coefficient (Wildman–Crippen LogP) is 3.47. The Labute approximate surface area is 99.6 Å². The molecule has 0 fully saturated rings.